The monoisotopic (exact) mass is 459 g/mol. The zero-order valence-electron chi connectivity index (χ0n) is 17.8. The third-order valence-electron chi connectivity index (χ3n) is 5.49. The number of pyridine rings is 1. The predicted octanol–water partition coefficient (Wildman–Crippen LogP) is 2.27. The van der Waals surface area contributed by atoms with Gasteiger partial charge in [-0.2, -0.15) is 0 Å². The van der Waals surface area contributed by atoms with Crippen molar-refractivity contribution in [3.05, 3.63) is 38.2 Å². The van der Waals surface area contributed by atoms with E-state index < -0.39 is 11.2 Å². The third-order valence-corrected chi connectivity index (χ3v) is 5.49. The lowest BCUT2D eigenvalue weighted by Crippen LogP contribution is -2.37. The Balaban J connectivity index is 0.00000225. The number of nitrogens with zero attached hydrogens (tertiary/aromatic N) is 3. The molecule has 0 aromatic carbocycles. The summed E-state index contributed by atoms with van der Waals surface area (Å²) in [4.78, 5) is 47.2. The van der Waals surface area contributed by atoms with E-state index >= 15 is 0 Å². The van der Waals surface area contributed by atoms with E-state index in [4.69, 9.17) is 5.73 Å². The predicted molar refractivity (Wildman–Crippen MR) is 123 cm³/mol. The van der Waals surface area contributed by atoms with E-state index in [1.165, 1.54) is 4.57 Å². The molecule has 2 atom stereocenters. The second-order valence-electron chi connectivity index (χ2n) is 8.00. The highest BCUT2D eigenvalue weighted by Crippen LogP contribution is 2.27. The first kappa shape index (κ1) is 26.1. The van der Waals surface area contributed by atoms with Gasteiger partial charge >= 0.3 is 5.69 Å². The Morgan fingerprint density at radius 2 is 2.00 bits per heavy atom. The van der Waals surface area contributed by atoms with Crippen molar-refractivity contribution >= 4 is 41.8 Å². The molecule has 3 N–H and O–H groups in total. The topological polar surface area (TPSA) is 114 Å². The molecule has 2 aromatic rings. The number of halogens is 2. The number of nitrogens with two attached hydrogens (primary N) is 1. The maximum absolute atomic E-state index is 13.4. The molecule has 30 heavy (non-hydrogen) atoms. The van der Waals surface area contributed by atoms with E-state index in [2.05, 4.69) is 9.97 Å². The van der Waals surface area contributed by atoms with E-state index in [-0.39, 0.29) is 59.6 Å². The van der Waals surface area contributed by atoms with Crippen LogP contribution in [0.5, 0.6) is 0 Å². The molecule has 2 aromatic heterocycles. The van der Waals surface area contributed by atoms with Gasteiger partial charge in [0.2, 0.25) is 0 Å². The van der Waals surface area contributed by atoms with Gasteiger partial charge in [-0.15, -0.1) is 24.8 Å². The molecule has 0 saturated carbocycles. The summed E-state index contributed by atoms with van der Waals surface area (Å²) in [5, 5.41) is 0.186. The Hall–Kier alpha value is -1.90. The van der Waals surface area contributed by atoms with Crippen molar-refractivity contribution in [2.24, 2.45) is 11.7 Å². The zero-order valence-corrected chi connectivity index (χ0v) is 19.4. The molecule has 0 spiro atoms. The van der Waals surface area contributed by atoms with E-state index in [1.807, 2.05) is 27.7 Å². The minimum absolute atomic E-state index is 0. The normalized spacial score (nSPS) is 18.4. The Morgan fingerprint density at radius 3 is 2.53 bits per heavy atom. The minimum Gasteiger partial charge on any atom is -0.336 e. The molecular weight excluding hydrogens is 429 g/mol. The second-order valence-corrected chi connectivity index (χ2v) is 8.00. The van der Waals surface area contributed by atoms with E-state index in [1.54, 1.807) is 11.0 Å². The van der Waals surface area contributed by atoms with Crippen LogP contribution in [0, 0.1) is 5.92 Å². The van der Waals surface area contributed by atoms with Crippen molar-refractivity contribution in [1.82, 2.24) is 19.4 Å². The van der Waals surface area contributed by atoms with Gasteiger partial charge in [0.1, 0.15) is 0 Å². The number of likely N-dealkylation sites (tertiary alicyclic amines) is 1. The van der Waals surface area contributed by atoms with Crippen molar-refractivity contribution in [3.63, 3.8) is 0 Å². The number of aryl methyl sites for hydroxylation is 1. The number of H-pyrrole nitrogens is 1. The molecular formula is C20H31Cl2N5O3. The fraction of sp³-hybridized carbons (Fsp3) is 0.600. The Labute approximate surface area is 188 Å². The van der Waals surface area contributed by atoms with E-state index in [0.717, 1.165) is 6.42 Å². The highest BCUT2D eigenvalue weighted by atomic mass is 35.5. The van der Waals surface area contributed by atoms with Gasteiger partial charge in [-0.3, -0.25) is 19.1 Å². The van der Waals surface area contributed by atoms with E-state index in [0.29, 0.717) is 37.3 Å². The highest BCUT2D eigenvalue weighted by molar-refractivity contribution is 6.05. The number of aromatic amines is 1. The van der Waals surface area contributed by atoms with Gasteiger partial charge in [0.15, 0.2) is 5.65 Å². The van der Waals surface area contributed by atoms with Crippen molar-refractivity contribution in [3.8, 4) is 0 Å². The molecule has 1 saturated heterocycles. The molecule has 0 aliphatic carbocycles. The van der Waals surface area contributed by atoms with Crippen LogP contribution >= 0.6 is 24.8 Å². The van der Waals surface area contributed by atoms with Crippen molar-refractivity contribution in [2.75, 3.05) is 13.1 Å². The van der Waals surface area contributed by atoms with Gasteiger partial charge < -0.3 is 10.6 Å². The molecule has 168 valence electrons. The summed E-state index contributed by atoms with van der Waals surface area (Å²) in [6.07, 6.45) is 1.55. The number of hydrogen-bond acceptors (Lipinski definition) is 5. The van der Waals surface area contributed by atoms with Crippen LogP contribution in [-0.2, 0) is 6.54 Å². The van der Waals surface area contributed by atoms with Crippen molar-refractivity contribution in [2.45, 2.75) is 59.0 Å². The summed E-state index contributed by atoms with van der Waals surface area (Å²) in [5.41, 5.74) is 6.02. The Morgan fingerprint density at radius 1 is 1.33 bits per heavy atom. The van der Waals surface area contributed by atoms with Crippen LogP contribution in [0.2, 0.25) is 0 Å². The van der Waals surface area contributed by atoms with Gasteiger partial charge in [0.25, 0.3) is 11.5 Å². The number of fused-ring (bicyclic) bond motifs is 1. The standard InChI is InChI=1S/C20H29N5O3.2ClH/c1-5-6-24-17-16(18(26)23-20(24)28)14(8-15(22-17)11(2)3)19(27)25-10-13(9-21)7-12(25)4;;/h8,11-13H,5-7,9-10,21H2,1-4H3,(H,23,26,28);2*1H. The number of carbonyl (C=O) groups is 1. The van der Waals surface area contributed by atoms with Crippen LogP contribution in [0.4, 0.5) is 0 Å². The van der Waals surface area contributed by atoms with Crippen LogP contribution in [0.25, 0.3) is 11.0 Å². The summed E-state index contributed by atoms with van der Waals surface area (Å²) in [7, 11) is 0. The summed E-state index contributed by atoms with van der Waals surface area (Å²) in [6, 6.07) is 1.75. The zero-order chi connectivity index (χ0) is 20.6. The average Bonchev–Trinajstić information content (AvgIpc) is 3.04. The molecule has 3 rings (SSSR count). The molecule has 1 aliphatic rings. The van der Waals surface area contributed by atoms with Gasteiger partial charge in [0.05, 0.1) is 10.9 Å². The van der Waals surface area contributed by atoms with Gasteiger partial charge in [-0.25, -0.2) is 9.78 Å². The van der Waals surface area contributed by atoms with Gasteiger partial charge in [-0.05, 0) is 44.2 Å². The van der Waals surface area contributed by atoms with Crippen molar-refractivity contribution in [1.29, 1.82) is 0 Å². The average molecular weight is 460 g/mol. The van der Waals surface area contributed by atoms with Crippen LogP contribution in [0.1, 0.15) is 62.5 Å². The number of nitrogens with one attached hydrogen (secondary N) is 1. The maximum Gasteiger partial charge on any atom is 0.329 e. The van der Waals surface area contributed by atoms with Gasteiger partial charge in [0, 0.05) is 24.8 Å². The second kappa shape index (κ2) is 10.4. The summed E-state index contributed by atoms with van der Waals surface area (Å²) in [5.74, 6) is 0.103. The lowest BCUT2D eigenvalue weighted by molar-refractivity contribution is 0.0745. The Bertz CT molecular complexity index is 1020. The first-order valence-electron chi connectivity index (χ1n) is 9.97. The lowest BCUT2D eigenvalue weighted by Gasteiger charge is -2.23. The number of aromatic nitrogens is 3. The smallest absolute Gasteiger partial charge is 0.329 e. The maximum atomic E-state index is 13.4. The number of rotatable bonds is 5. The molecule has 0 radical (unpaired) electrons. The molecule has 1 amide bonds. The number of hydrogen-bond donors (Lipinski definition) is 2. The first-order valence-corrected chi connectivity index (χ1v) is 9.97. The summed E-state index contributed by atoms with van der Waals surface area (Å²) < 4.78 is 1.45. The molecule has 2 unspecified atom stereocenters. The van der Waals surface area contributed by atoms with E-state index in [9.17, 15) is 14.4 Å². The fourth-order valence-electron chi connectivity index (χ4n) is 3.94. The molecule has 10 heteroatoms. The minimum atomic E-state index is -0.569. The lowest BCUT2D eigenvalue weighted by atomic mass is 10.0. The highest BCUT2D eigenvalue weighted by Gasteiger charge is 2.34. The Kier molecular flexibility index (Phi) is 9.07. The SMILES string of the molecule is CCCn1c(=O)[nH]c(=O)c2c(C(=O)N3CC(CN)CC3C)cc(C(C)C)nc21.Cl.Cl. The summed E-state index contributed by atoms with van der Waals surface area (Å²) >= 11 is 0. The van der Waals surface area contributed by atoms with Crippen LogP contribution in [0.3, 0.4) is 0 Å². The van der Waals surface area contributed by atoms with Gasteiger partial charge in [-0.1, -0.05) is 20.8 Å². The van der Waals surface area contributed by atoms with Crippen LogP contribution in [0.15, 0.2) is 15.7 Å². The quantitative estimate of drug-likeness (QED) is 0.711. The van der Waals surface area contributed by atoms with Crippen LogP contribution < -0.4 is 17.0 Å². The fourth-order valence-corrected chi connectivity index (χ4v) is 3.94. The molecule has 0 bridgehead atoms. The molecule has 3 heterocycles. The number of amides is 1. The molecule has 1 fully saturated rings. The third kappa shape index (κ3) is 4.71. The first-order chi connectivity index (χ1) is 13.3. The van der Waals surface area contributed by atoms with Crippen molar-refractivity contribution < 1.29 is 4.79 Å². The molecule has 1 aliphatic heterocycles. The number of carbonyl (C=O) groups excluding carboxylic acids is 1. The molecule has 8 nitrogen and oxygen atoms in total. The summed E-state index contributed by atoms with van der Waals surface area (Å²) in [6.45, 7) is 9.41. The largest absolute Gasteiger partial charge is 0.336 e. The van der Waals surface area contributed by atoms with Crippen LogP contribution in [-0.4, -0.2) is 44.5 Å².